The molecule has 0 aliphatic carbocycles. The summed E-state index contributed by atoms with van der Waals surface area (Å²) in [4.78, 5) is 16.8. The molecular weight excluding hydrogens is 468 g/mol. The predicted octanol–water partition coefficient (Wildman–Crippen LogP) is 4.02. The Morgan fingerprint density at radius 2 is 1.84 bits per heavy atom. The maximum absolute atomic E-state index is 12.7. The molecule has 6 rings (SSSR count). The number of pyridine rings is 1. The van der Waals surface area contributed by atoms with Crippen molar-refractivity contribution in [2.45, 2.75) is 19.5 Å². The summed E-state index contributed by atoms with van der Waals surface area (Å²) in [7, 11) is 0. The number of nitrogens with zero attached hydrogens (tertiary/aromatic N) is 4. The number of amides is 1. The molecule has 0 fully saturated rings. The lowest BCUT2D eigenvalue weighted by Gasteiger charge is -2.08. The number of ether oxygens (including phenoxy) is 2. The van der Waals surface area contributed by atoms with Gasteiger partial charge in [-0.2, -0.15) is 0 Å². The van der Waals surface area contributed by atoms with E-state index >= 15 is 0 Å². The molecule has 9 nitrogen and oxygen atoms in total. The van der Waals surface area contributed by atoms with Gasteiger partial charge in [-0.1, -0.05) is 30.3 Å². The van der Waals surface area contributed by atoms with Gasteiger partial charge in [0.1, 0.15) is 5.82 Å². The van der Waals surface area contributed by atoms with Crippen LogP contribution < -0.4 is 20.1 Å². The first-order valence-electron chi connectivity index (χ1n) is 11.9. The van der Waals surface area contributed by atoms with Gasteiger partial charge in [0, 0.05) is 37.1 Å². The number of nitrogens with one attached hydrogen (secondary N) is 2. The van der Waals surface area contributed by atoms with Gasteiger partial charge in [-0.3, -0.25) is 14.3 Å². The summed E-state index contributed by atoms with van der Waals surface area (Å²) in [6.07, 6.45) is 5.68. The fraction of sp³-hybridized carbons (Fsp3) is 0.143. The summed E-state index contributed by atoms with van der Waals surface area (Å²) < 4.78 is 12.8. The summed E-state index contributed by atoms with van der Waals surface area (Å²) in [5, 5.41) is 16.1. The standard InChI is InChI=1S/C28H24N6O3/c35-28(31-16-20-4-3-11-29-14-20)13-21-17-34(23-6-2-1-5-22(21)23)27-10-9-26(32-33-27)30-15-19-7-8-24-25(12-19)37-18-36-24/h1-12,14,17H,13,15-16,18H2,(H,30,32)(H,31,35). The van der Waals surface area contributed by atoms with Crippen molar-refractivity contribution in [3.8, 4) is 17.3 Å². The molecule has 0 atom stereocenters. The van der Waals surface area contributed by atoms with Crippen LogP contribution in [0, 0.1) is 0 Å². The summed E-state index contributed by atoms with van der Waals surface area (Å²) in [6.45, 7) is 1.28. The highest BCUT2D eigenvalue weighted by Gasteiger charge is 2.15. The minimum atomic E-state index is -0.0547. The third-order valence-corrected chi connectivity index (χ3v) is 6.17. The molecule has 4 heterocycles. The van der Waals surface area contributed by atoms with Crippen LogP contribution >= 0.6 is 0 Å². The number of hydrogen-bond donors (Lipinski definition) is 2. The molecule has 9 heteroatoms. The normalized spacial score (nSPS) is 12.0. The number of aromatic nitrogens is 4. The number of benzene rings is 2. The summed E-state index contributed by atoms with van der Waals surface area (Å²) in [5.74, 6) is 2.79. The Bertz CT molecular complexity index is 1550. The molecule has 5 aromatic rings. The van der Waals surface area contributed by atoms with Crippen molar-refractivity contribution in [1.82, 2.24) is 25.1 Å². The summed E-state index contributed by atoms with van der Waals surface area (Å²) >= 11 is 0. The number of carbonyl (C=O) groups is 1. The van der Waals surface area contributed by atoms with Gasteiger partial charge in [0.05, 0.1) is 11.9 Å². The number of carbonyl (C=O) groups excluding carboxylic acids is 1. The van der Waals surface area contributed by atoms with Crippen molar-refractivity contribution in [2.24, 2.45) is 0 Å². The topological polar surface area (TPSA) is 103 Å². The summed E-state index contributed by atoms with van der Waals surface area (Å²) in [5.41, 5.74) is 3.90. The molecule has 3 aromatic heterocycles. The molecule has 1 aliphatic heterocycles. The second kappa shape index (κ2) is 9.98. The first kappa shape index (κ1) is 22.5. The highest BCUT2D eigenvalue weighted by atomic mass is 16.7. The van der Waals surface area contributed by atoms with Crippen LogP contribution in [-0.4, -0.2) is 32.4 Å². The Labute approximate surface area is 213 Å². The van der Waals surface area contributed by atoms with E-state index in [1.165, 1.54) is 0 Å². The van der Waals surface area contributed by atoms with Gasteiger partial charge < -0.3 is 20.1 Å². The lowest BCUT2D eigenvalue weighted by molar-refractivity contribution is -0.120. The zero-order chi connectivity index (χ0) is 25.0. The fourth-order valence-electron chi connectivity index (χ4n) is 4.31. The fourth-order valence-corrected chi connectivity index (χ4v) is 4.31. The number of hydrogen-bond acceptors (Lipinski definition) is 7. The molecule has 0 radical (unpaired) electrons. The maximum atomic E-state index is 12.7. The Kier molecular flexibility index (Phi) is 6.08. The molecule has 0 saturated heterocycles. The van der Waals surface area contributed by atoms with Gasteiger partial charge in [0.2, 0.25) is 12.7 Å². The highest BCUT2D eigenvalue weighted by molar-refractivity contribution is 5.90. The Morgan fingerprint density at radius 3 is 2.70 bits per heavy atom. The van der Waals surface area contributed by atoms with E-state index in [2.05, 4.69) is 25.8 Å². The molecule has 37 heavy (non-hydrogen) atoms. The van der Waals surface area contributed by atoms with Crippen LogP contribution in [0.25, 0.3) is 16.7 Å². The van der Waals surface area contributed by atoms with Crippen molar-refractivity contribution in [1.29, 1.82) is 0 Å². The Hall–Kier alpha value is -4.92. The van der Waals surface area contributed by atoms with Gasteiger partial charge in [-0.05, 0) is 53.1 Å². The van der Waals surface area contributed by atoms with Crippen LogP contribution in [0.2, 0.25) is 0 Å². The molecule has 2 aromatic carbocycles. The van der Waals surface area contributed by atoms with E-state index < -0.39 is 0 Å². The quantitative estimate of drug-likeness (QED) is 0.337. The molecule has 0 bridgehead atoms. The lowest BCUT2D eigenvalue weighted by Crippen LogP contribution is -2.24. The third-order valence-electron chi connectivity index (χ3n) is 6.17. The zero-order valence-corrected chi connectivity index (χ0v) is 19.9. The molecule has 0 saturated carbocycles. The van der Waals surface area contributed by atoms with Crippen molar-refractivity contribution in [2.75, 3.05) is 12.1 Å². The first-order valence-corrected chi connectivity index (χ1v) is 11.9. The Morgan fingerprint density at radius 1 is 0.919 bits per heavy atom. The van der Waals surface area contributed by atoms with Crippen LogP contribution in [0.15, 0.2) is 85.3 Å². The van der Waals surface area contributed by atoms with E-state index in [1.54, 1.807) is 12.4 Å². The van der Waals surface area contributed by atoms with Gasteiger partial charge in [-0.15, -0.1) is 10.2 Å². The maximum Gasteiger partial charge on any atom is 0.231 e. The van der Waals surface area contributed by atoms with Crippen LogP contribution in [0.3, 0.4) is 0 Å². The van der Waals surface area contributed by atoms with Gasteiger partial charge in [-0.25, -0.2) is 0 Å². The second-order valence-corrected chi connectivity index (χ2v) is 8.67. The van der Waals surface area contributed by atoms with Crippen LogP contribution in [0.1, 0.15) is 16.7 Å². The van der Waals surface area contributed by atoms with E-state index in [-0.39, 0.29) is 19.1 Å². The number of anilines is 1. The third kappa shape index (κ3) is 4.92. The molecular formula is C28H24N6O3. The van der Waals surface area contributed by atoms with E-state index in [0.29, 0.717) is 24.7 Å². The number of rotatable bonds is 8. The monoisotopic (exact) mass is 492 g/mol. The molecule has 2 N–H and O–H groups in total. The average molecular weight is 493 g/mol. The van der Waals surface area contributed by atoms with Gasteiger partial charge in [0.15, 0.2) is 17.3 Å². The van der Waals surface area contributed by atoms with Gasteiger partial charge in [0.25, 0.3) is 0 Å². The first-order chi connectivity index (χ1) is 18.2. The molecule has 0 unspecified atom stereocenters. The number of fused-ring (bicyclic) bond motifs is 2. The van der Waals surface area contributed by atoms with Crippen molar-refractivity contribution in [3.05, 3.63) is 102 Å². The molecule has 0 spiro atoms. The van der Waals surface area contributed by atoms with Gasteiger partial charge >= 0.3 is 0 Å². The largest absolute Gasteiger partial charge is 0.454 e. The minimum Gasteiger partial charge on any atom is -0.454 e. The molecule has 184 valence electrons. The second-order valence-electron chi connectivity index (χ2n) is 8.67. The molecule has 1 aliphatic rings. The Balaban J connectivity index is 1.15. The minimum absolute atomic E-state index is 0.0547. The van der Waals surface area contributed by atoms with Crippen molar-refractivity contribution < 1.29 is 14.3 Å². The number of para-hydroxylation sites is 1. The lowest BCUT2D eigenvalue weighted by atomic mass is 10.1. The average Bonchev–Trinajstić information content (AvgIpc) is 3.56. The van der Waals surface area contributed by atoms with E-state index in [1.807, 2.05) is 77.5 Å². The van der Waals surface area contributed by atoms with Crippen LogP contribution in [-0.2, 0) is 24.3 Å². The smallest absolute Gasteiger partial charge is 0.231 e. The van der Waals surface area contributed by atoms with Crippen molar-refractivity contribution in [3.63, 3.8) is 0 Å². The SMILES string of the molecule is O=C(Cc1cn(-c2ccc(NCc3ccc4c(c3)OCO4)nn2)c2ccccc12)NCc1cccnc1. The highest BCUT2D eigenvalue weighted by Crippen LogP contribution is 2.32. The predicted molar refractivity (Wildman–Crippen MR) is 139 cm³/mol. The zero-order valence-electron chi connectivity index (χ0n) is 19.9. The van der Waals surface area contributed by atoms with E-state index in [0.717, 1.165) is 39.1 Å². The van der Waals surface area contributed by atoms with Crippen LogP contribution in [0.5, 0.6) is 11.5 Å². The van der Waals surface area contributed by atoms with Crippen LogP contribution in [0.4, 0.5) is 5.82 Å². The van der Waals surface area contributed by atoms with Crippen molar-refractivity contribution >= 4 is 22.6 Å². The van der Waals surface area contributed by atoms with E-state index in [9.17, 15) is 4.79 Å². The molecule has 1 amide bonds. The summed E-state index contributed by atoms with van der Waals surface area (Å²) in [6, 6.07) is 21.4. The van der Waals surface area contributed by atoms with E-state index in [4.69, 9.17) is 9.47 Å².